The van der Waals surface area contributed by atoms with Gasteiger partial charge in [0.15, 0.2) is 0 Å². The minimum absolute atomic E-state index is 0.0849. The molecule has 3 aromatic rings. The van der Waals surface area contributed by atoms with Crippen molar-refractivity contribution < 1.29 is 9.90 Å². The first-order valence-corrected chi connectivity index (χ1v) is 6.98. The molecule has 4 heteroatoms. The molecule has 0 saturated carbocycles. The molecule has 110 valence electrons. The summed E-state index contributed by atoms with van der Waals surface area (Å²) in [7, 11) is 0. The summed E-state index contributed by atoms with van der Waals surface area (Å²) in [5, 5.41) is 14.7. The maximum atomic E-state index is 12.1. The minimum atomic E-state index is -0.247. The molecule has 0 aliphatic rings. The van der Waals surface area contributed by atoms with Crippen LogP contribution < -0.4 is 11.1 Å². The Bertz CT molecular complexity index is 843. The Kier molecular flexibility index (Phi) is 3.66. The highest BCUT2D eigenvalue weighted by molar-refractivity contribution is 5.95. The van der Waals surface area contributed by atoms with Crippen molar-refractivity contribution in [3.63, 3.8) is 0 Å². The fraction of sp³-hybridized carbons (Fsp3) is 0.0556. The molecule has 0 fully saturated rings. The van der Waals surface area contributed by atoms with Crippen LogP contribution in [0.3, 0.4) is 0 Å². The second kappa shape index (κ2) is 5.77. The largest absolute Gasteiger partial charge is 0.506 e. The summed E-state index contributed by atoms with van der Waals surface area (Å²) in [5.74, 6) is -0.332. The topological polar surface area (TPSA) is 75.4 Å². The number of anilines is 1. The predicted octanol–water partition coefficient (Wildman–Crippen LogP) is 3.06. The van der Waals surface area contributed by atoms with E-state index in [1.165, 1.54) is 17.5 Å². The molecule has 0 heterocycles. The molecule has 0 atom stereocenters. The normalized spacial score (nSPS) is 10.5. The first kappa shape index (κ1) is 13.9. The first-order valence-electron chi connectivity index (χ1n) is 6.98. The van der Waals surface area contributed by atoms with E-state index in [-0.39, 0.29) is 17.3 Å². The summed E-state index contributed by atoms with van der Waals surface area (Å²) >= 11 is 0. The monoisotopic (exact) mass is 292 g/mol. The molecule has 0 unspecified atom stereocenters. The molecule has 4 N–H and O–H groups in total. The van der Waals surface area contributed by atoms with Crippen LogP contribution >= 0.6 is 0 Å². The van der Waals surface area contributed by atoms with E-state index in [1.54, 1.807) is 6.07 Å². The Morgan fingerprint density at radius 1 is 1.00 bits per heavy atom. The SMILES string of the molecule is Nc1ccc(C(=O)NCc2ccc3ccccc3c2)cc1O. The van der Waals surface area contributed by atoms with Crippen molar-refractivity contribution in [3.8, 4) is 5.75 Å². The zero-order valence-corrected chi connectivity index (χ0v) is 11.9. The lowest BCUT2D eigenvalue weighted by molar-refractivity contribution is 0.0950. The molecule has 0 radical (unpaired) electrons. The number of phenolic OH excluding ortho intramolecular Hbond substituents is 1. The zero-order valence-electron chi connectivity index (χ0n) is 11.9. The van der Waals surface area contributed by atoms with Gasteiger partial charge in [-0.25, -0.2) is 0 Å². The molecule has 1 amide bonds. The number of benzene rings is 3. The number of rotatable bonds is 3. The molecule has 4 nitrogen and oxygen atoms in total. The van der Waals surface area contributed by atoms with Crippen LogP contribution in [-0.4, -0.2) is 11.0 Å². The Morgan fingerprint density at radius 2 is 1.77 bits per heavy atom. The van der Waals surface area contributed by atoms with Crippen LogP contribution in [0.4, 0.5) is 5.69 Å². The van der Waals surface area contributed by atoms with Gasteiger partial charge in [0.1, 0.15) is 5.75 Å². The maximum Gasteiger partial charge on any atom is 0.251 e. The lowest BCUT2D eigenvalue weighted by atomic mass is 10.1. The molecule has 0 aliphatic carbocycles. The number of nitrogen functional groups attached to an aromatic ring is 1. The van der Waals surface area contributed by atoms with Crippen LogP contribution in [0, 0.1) is 0 Å². The average Bonchev–Trinajstić information content (AvgIpc) is 2.55. The summed E-state index contributed by atoms with van der Waals surface area (Å²) in [5.41, 5.74) is 7.18. The van der Waals surface area contributed by atoms with Gasteiger partial charge in [0, 0.05) is 12.1 Å². The van der Waals surface area contributed by atoms with Gasteiger partial charge in [-0.3, -0.25) is 4.79 Å². The average molecular weight is 292 g/mol. The standard InChI is InChI=1S/C18H16N2O2/c19-16-8-7-15(10-17(16)21)18(22)20-11-12-5-6-13-3-1-2-4-14(13)9-12/h1-10,21H,11,19H2,(H,20,22). The van der Waals surface area contributed by atoms with Gasteiger partial charge in [-0.2, -0.15) is 0 Å². The van der Waals surface area contributed by atoms with Crippen molar-refractivity contribution in [1.82, 2.24) is 5.32 Å². The number of hydrogen-bond acceptors (Lipinski definition) is 3. The van der Waals surface area contributed by atoms with Crippen LogP contribution in [0.5, 0.6) is 5.75 Å². The van der Waals surface area contributed by atoms with Crippen molar-refractivity contribution in [3.05, 3.63) is 71.8 Å². The summed E-state index contributed by atoms with van der Waals surface area (Å²) in [6.45, 7) is 0.425. The number of carbonyl (C=O) groups excluding carboxylic acids is 1. The number of nitrogens with two attached hydrogens (primary N) is 1. The molecule has 22 heavy (non-hydrogen) atoms. The molecule has 0 aromatic heterocycles. The summed E-state index contributed by atoms with van der Waals surface area (Å²) in [4.78, 5) is 12.1. The van der Waals surface area contributed by atoms with Crippen LogP contribution in [0.1, 0.15) is 15.9 Å². The molecule has 3 rings (SSSR count). The molecule has 0 spiro atoms. The van der Waals surface area contributed by atoms with E-state index >= 15 is 0 Å². The Morgan fingerprint density at radius 3 is 2.55 bits per heavy atom. The highest BCUT2D eigenvalue weighted by Gasteiger charge is 2.08. The first-order chi connectivity index (χ1) is 10.6. The second-order valence-electron chi connectivity index (χ2n) is 5.14. The van der Waals surface area contributed by atoms with Crippen molar-refractivity contribution in [2.75, 3.05) is 5.73 Å². The third-order valence-corrected chi connectivity index (χ3v) is 3.56. The van der Waals surface area contributed by atoms with E-state index in [1.807, 2.05) is 30.3 Å². The minimum Gasteiger partial charge on any atom is -0.506 e. The van der Waals surface area contributed by atoms with Crippen molar-refractivity contribution in [1.29, 1.82) is 0 Å². The Balaban J connectivity index is 1.72. The number of hydrogen-bond donors (Lipinski definition) is 3. The lowest BCUT2D eigenvalue weighted by Gasteiger charge is -2.08. The number of aromatic hydroxyl groups is 1. The van der Waals surface area contributed by atoms with E-state index in [2.05, 4.69) is 17.4 Å². The highest BCUT2D eigenvalue weighted by Crippen LogP contribution is 2.20. The van der Waals surface area contributed by atoms with Gasteiger partial charge in [-0.15, -0.1) is 0 Å². The van der Waals surface area contributed by atoms with Crippen molar-refractivity contribution in [2.24, 2.45) is 0 Å². The van der Waals surface area contributed by atoms with Crippen molar-refractivity contribution in [2.45, 2.75) is 6.54 Å². The van der Waals surface area contributed by atoms with E-state index in [0.717, 1.165) is 10.9 Å². The molecule has 0 bridgehead atoms. The fourth-order valence-electron chi connectivity index (χ4n) is 2.32. The lowest BCUT2D eigenvalue weighted by Crippen LogP contribution is -2.22. The molecule has 3 aromatic carbocycles. The smallest absolute Gasteiger partial charge is 0.251 e. The zero-order chi connectivity index (χ0) is 15.5. The molecular weight excluding hydrogens is 276 g/mol. The Labute approximate surface area is 128 Å². The number of nitrogens with one attached hydrogen (secondary N) is 1. The van der Waals surface area contributed by atoms with Gasteiger partial charge in [0.05, 0.1) is 5.69 Å². The van der Waals surface area contributed by atoms with E-state index in [9.17, 15) is 9.90 Å². The van der Waals surface area contributed by atoms with Gasteiger partial charge in [0.25, 0.3) is 5.91 Å². The van der Waals surface area contributed by atoms with E-state index < -0.39 is 0 Å². The van der Waals surface area contributed by atoms with E-state index in [4.69, 9.17) is 5.73 Å². The number of fused-ring (bicyclic) bond motifs is 1. The van der Waals surface area contributed by atoms with Gasteiger partial charge in [-0.05, 0) is 40.6 Å². The summed E-state index contributed by atoms with van der Waals surface area (Å²) in [6, 6.07) is 18.6. The van der Waals surface area contributed by atoms with Crippen LogP contribution in [-0.2, 0) is 6.54 Å². The van der Waals surface area contributed by atoms with Gasteiger partial charge < -0.3 is 16.2 Å². The molecule has 0 aliphatic heterocycles. The van der Waals surface area contributed by atoms with Gasteiger partial charge in [0.2, 0.25) is 0 Å². The summed E-state index contributed by atoms with van der Waals surface area (Å²) < 4.78 is 0. The second-order valence-corrected chi connectivity index (χ2v) is 5.14. The van der Waals surface area contributed by atoms with Crippen LogP contribution in [0.2, 0.25) is 0 Å². The number of phenols is 1. The number of amides is 1. The van der Waals surface area contributed by atoms with Crippen molar-refractivity contribution >= 4 is 22.4 Å². The Hall–Kier alpha value is -3.01. The third kappa shape index (κ3) is 2.86. The van der Waals surface area contributed by atoms with E-state index in [0.29, 0.717) is 12.1 Å². The fourth-order valence-corrected chi connectivity index (χ4v) is 2.32. The summed E-state index contributed by atoms with van der Waals surface area (Å²) in [6.07, 6.45) is 0. The third-order valence-electron chi connectivity index (χ3n) is 3.56. The predicted molar refractivity (Wildman–Crippen MR) is 87.6 cm³/mol. The molecule has 0 saturated heterocycles. The van der Waals surface area contributed by atoms with Gasteiger partial charge in [-0.1, -0.05) is 36.4 Å². The van der Waals surface area contributed by atoms with Crippen LogP contribution in [0.25, 0.3) is 10.8 Å². The highest BCUT2D eigenvalue weighted by atomic mass is 16.3. The maximum absolute atomic E-state index is 12.1. The quantitative estimate of drug-likeness (QED) is 0.513. The van der Waals surface area contributed by atoms with Gasteiger partial charge >= 0.3 is 0 Å². The van der Waals surface area contributed by atoms with Crippen LogP contribution in [0.15, 0.2) is 60.7 Å². The molecular formula is C18H16N2O2. The number of carbonyl (C=O) groups is 1.